The Kier molecular flexibility index (Phi) is 6.11. The molecule has 1 saturated heterocycles. The topological polar surface area (TPSA) is 38.8 Å². The molecule has 5 rings (SSSR count). The van der Waals surface area contributed by atoms with Crippen molar-refractivity contribution in [2.45, 2.75) is 18.6 Å². The summed E-state index contributed by atoms with van der Waals surface area (Å²) in [6.07, 6.45) is -0.272. The summed E-state index contributed by atoms with van der Waals surface area (Å²) >= 11 is 6.24. The van der Waals surface area contributed by atoms with Crippen molar-refractivity contribution in [3.63, 3.8) is 0 Å². The third kappa shape index (κ3) is 4.77. The van der Waals surface area contributed by atoms with Crippen LogP contribution in [-0.2, 0) is 9.63 Å². The minimum absolute atomic E-state index is 0.165. The highest BCUT2D eigenvalue weighted by Crippen LogP contribution is 2.39. The van der Waals surface area contributed by atoms with Crippen LogP contribution in [0.15, 0.2) is 109 Å². The summed E-state index contributed by atoms with van der Waals surface area (Å²) in [5, 5.41) is 2.37. The number of para-hydroxylation sites is 1. The molecular weight excluding hydrogens is 434 g/mol. The number of anilines is 1. The number of rotatable bonds is 5. The Morgan fingerprint density at radius 3 is 2.18 bits per heavy atom. The Morgan fingerprint density at radius 1 is 0.818 bits per heavy atom. The van der Waals surface area contributed by atoms with Gasteiger partial charge in [0.1, 0.15) is 5.75 Å². The number of hydroxylamine groups is 1. The maximum absolute atomic E-state index is 12.9. The van der Waals surface area contributed by atoms with E-state index in [4.69, 9.17) is 21.2 Å². The van der Waals surface area contributed by atoms with Gasteiger partial charge in [0.05, 0.1) is 11.7 Å². The van der Waals surface area contributed by atoms with Gasteiger partial charge in [-0.1, -0.05) is 90.5 Å². The zero-order chi connectivity index (χ0) is 22.6. The van der Waals surface area contributed by atoms with Crippen LogP contribution in [0.2, 0.25) is 5.02 Å². The summed E-state index contributed by atoms with van der Waals surface area (Å²) in [4.78, 5) is 19.0. The summed E-state index contributed by atoms with van der Waals surface area (Å²) in [7, 11) is 0. The minimum atomic E-state index is -0.733. The Morgan fingerprint density at radius 2 is 1.48 bits per heavy atom. The number of hydrogen-bond donors (Lipinski definition) is 0. The molecule has 4 nitrogen and oxygen atoms in total. The fourth-order valence-electron chi connectivity index (χ4n) is 4.02. The predicted molar refractivity (Wildman–Crippen MR) is 130 cm³/mol. The van der Waals surface area contributed by atoms with Crippen LogP contribution in [-0.4, -0.2) is 12.1 Å². The van der Waals surface area contributed by atoms with Crippen molar-refractivity contribution in [2.75, 3.05) is 5.06 Å². The van der Waals surface area contributed by atoms with Crippen LogP contribution in [0.3, 0.4) is 0 Å². The number of ether oxygens (including phenoxy) is 1. The van der Waals surface area contributed by atoms with Crippen LogP contribution < -0.4 is 9.80 Å². The van der Waals surface area contributed by atoms with Crippen LogP contribution in [0, 0.1) is 0 Å². The number of halogens is 1. The van der Waals surface area contributed by atoms with Gasteiger partial charge in [0.25, 0.3) is 0 Å². The van der Waals surface area contributed by atoms with E-state index >= 15 is 0 Å². The molecule has 0 amide bonds. The Labute approximate surface area is 197 Å². The van der Waals surface area contributed by atoms with Crippen molar-refractivity contribution in [1.29, 1.82) is 0 Å². The second-order valence-corrected chi connectivity index (χ2v) is 8.31. The van der Waals surface area contributed by atoms with Gasteiger partial charge in [-0.05, 0) is 47.0 Å². The number of carbonyl (C=O) groups excluding carboxylic acids is 1. The van der Waals surface area contributed by atoms with Crippen molar-refractivity contribution in [3.05, 3.63) is 120 Å². The van der Waals surface area contributed by atoms with Gasteiger partial charge in [-0.3, -0.25) is 4.84 Å². The molecule has 2 atom stereocenters. The zero-order valence-electron chi connectivity index (χ0n) is 17.8. The minimum Gasteiger partial charge on any atom is -0.425 e. The van der Waals surface area contributed by atoms with Crippen LogP contribution >= 0.6 is 11.6 Å². The average molecular weight is 456 g/mol. The van der Waals surface area contributed by atoms with Crippen molar-refractivity contribution >= 4 is 23.3 Å². The molecule has 2 unspecified atom stereocenters. The molecule has 4 aromatic carbocycles. The lowest BCUT2D eigenvalue weighted by molar-refractivity contribution is -0.145. The van der Waals surface area contributed by atoms with Crippen molar-refractivity contribution in [1.82, 2.24) is 0 Å². The van der Waals surface area contributed by atoms with Crippen LogP contribution in [0.25, 0.3) is 11.1 Å². The van der Waals surface area contributed by atoms with Crippen LogP contribution in [0.5, 0.6) is 5.75 Å². The predicted octanol–water partition coefficient (Wildman–Crippen LogP) is 6.86. The molecule has 164 valence electrons. The van der Waals surface area contributed by atoms with Gasteiger partial charge in [0, 0.05) is 11.4 Å². The Bertz CT molecular complexity index is 1230. The van der Waals surface area contributed by atoms with Crippen molar-refractivity contribution in [2.24, 2.45) is 0 Å². The van der Waals surface area contributed by atoms with E-state index in [0.717, 1.165) is 22.4 Å². The molecule has 1 aliphatic rings. The van der Waals surface area contributed by atoms with E-state index in [0.29, 0.717) is 17.2 Å². The SMILES string of the molecule is O=C(Oc1ccccc1)C1CC(c2ccc(-c3ccccc3)cc2)N(c2cccc(Cl)c2)O1. The summed E-state index contributed by atoms with van der Waals surface area (Å²) in [5.74, 6) is 0.0766. The normalized spacial score (nSPS) is 17.7. The van der Waals surface area contributed by atoms with Gasteiger partial charge in [-0.25, -0.2) is 9.86 Å². The molecule has 33 heavy (non-hydrogen) atoms. The van der Waals surface area contributed by atoms with E-state index in [-0.39, 0.29) is 6.04 Å². The summed E-state index contributed by atoms with van der Waals surface area (Å²) in [6.45, 7) is 0. The molecule has 0 N–H and O–H groups in total. The van der Waals surface area contributed by atoms with Gasteiger partial charge in [-0.15, -0.1) is 0 Å². The van der Waals surface area contributed by atoms with Gasteiger partial charge >= 0.3 is 5.97 Å². The summed E-state index contributed by atoms with van der Waals surface area (Å²) in [6, 6.07) is 34.9. The van der Waals surface area contributed by atoms with Gasteiger partial charge < -0.3 is 4.74 Å². The third-order valence-corrected chi connectivity index (χ3v) is 5.89. The standard InChI is InChI=1S/C28H22ClNO3/c29-23-10-7-11-24(18-23)30-26(19-27(33-30)28(31)32-25-12-5-2-6-13-25)22-16-14-21(15-17-22)20-8-3-1-4-9-20/h1-18,26-27H,19H2. The molecule has 0 aromatic heterocycles. The second-order valence-electron chi connectivity index (χ2n) is 7.87. The second kappa shape index (κ2) is 9.49. The third-order valence-electron chi connectivity index (χ3n) is 5.65. The highest BCUT2D eigenvalue weighted by molar-refractivity contribution is 6.30. The molecule has 0 aliphatic carbocycles. The highest BCUT2D eigenvalue weighted by atomic mass is 35.5. The smallest absolute Gasteiger partial charge is 0.343 e. The maximum atomic E-state index is 12.9. The Hall–Kier alpha value is -3.60. The largest absolute Gasteiger partial charge is 0.425 e. The van der Waals surface area contributed by atoms with E-state index in [9.17, 15) is 4.79 Å². The molecule has 0 saturated carbocycles. The molecule has 1 heterocycles. The molecule has 1 fully saturated rings. The van der Waals surface area contributed by atoms with Gasteiger partial charge in [0.15, 0.2) is 6.10 Å². The number of hydrogen-bond acceptors (Lipinski definition) is 4. The molecular formula is C28H22ClNO3. The number of benzene rings is 4. The molecule has 0 bridgehead atoms. The fourth-order valence-corrected chi connectivity index (χ4v) is 4.20. The van der Waals surface area contributed by atoms with Crippen LogP contribution in [0.4, 0.5) is 5.69 Å². The first-order valence-corrected chi connectivity index (χ1v) is 11.2. The highest BCUT2D eigenvalue weighted by Gasteiger charge is 2.40. The fraction of sp³-hybridized carbons (Fsp3) is 0.107. The molecule has 1 aliphatic heterocycles. The first kappa shape index (κ1) is 21.3. The first-order valence-electron chi connectivity index (χ1n) is 10.8. The van der Waals surface area contributed by atoms with E-state index in [1.807, 2.05) is 60.7 Å². The lowest BCUT2D eigenvalue weighted by Crippen LogP contribution is -2.28. The monoisotopic (exact) mass is 455 g/mol. The van der Waals surface area contributed by atoms with Gasteiger partial charge in [-0.2, -0.15) is 0 Å². The number of esters is 1. The first-order chi connectivity index (χ1) is 16.2. The van der Waals surface area contributed by atoms with E-state index < -0.39 is 12.1 Å². The van der Waals surface area contributed by atoms with Crippen molar-refractivity contribution in [3.8, 4) is 16.9 Å². The molecule has 0 spiro atoms. The molecule has 5 heteroatoms. The Balaban J connectivity index is 1.42. The van der Waals surface area contributed by atoms with E-state index in [1.54, 1.807) is 17.2 Å². The maximum Gasteiger partial charge on any atom is 0.343 e. The number of carbonyl (C=O) groups is 1. The summed E-state index contributed by atoms with van der Waals surface area (Å²) in [5.41, 5.74) is 4.12. The zero-order valence-corrected chi connectivity index (χ0v) is 18.6. The molecule has 0 radical (unpaired) electrons. The van der Waals surface area contributed by atoms with E-state index in [2.05, 4.69) is 36.4 Å². The number of nitrogens with zero attached hydrogens (tertiary/aromatic N) is 1. The summed E-state index contributed by atoms with van der Waals surface area (Å²) < 4.78 is 5.55. The van der Waals surface area contributed by atoms with Crippen LogP contribution in [0.1, 0.15) is 18.0 Å². The van der Waals surface area contributed by atoms with Gasteiger partial charge in [0.2, 0.25) is 0 Å². The average Bonchev–Trinajstić information content (AvgIpc) is 3.31. The van der Waals surface area contributed by atoms with Crippen molar-refractivity contribution < 1.29 is 14.4 Å². The lowest BCUT2D eigenvalue weighted by atomic mass is 9.97. The molecule has 4 aromatic rings. The van der Waals surface area contributed by atoms with E-state index in [1.165, 1.54) is 0 Å². The quantitative estimate of drug-likeness (QED) is 0.243. The lowest BCUT2D eigenvalue weighted by Gasteiger charge is -2.25.